The maximum Gasteiger partial charge on any atom is 0.251 e. The van der Waals surface area contributed by atoms with Crippen molar-refractivity contribution in [1.29, 1.82) is 0 Å². The second-order valence-electron chi connectivity index (χ2n) is 5.87. The summed E-state index contributed by atoms with van der Waals surface area (Å²) in [6, 6.07) is 0. The SMILES string of the molecule is NC[C@H]1CC[C@@H](C(=O)N2CCC3(CCOC3)C2)O1. The van der Waals surface area contributed by atoms with Gasteiger partial charge in [-0.1, -0.05) is 0 Å². The molecule has 3 atom stereocenters. The molecule has 5 heteroatoms. The number of carbonyl (C=O) groups is 1. The number of hydrogen-bond donors (Lipinski definition) is 1. The molecular formula is C13H22N2O3. The smallest absolute Gasteiger partial charge is 0.251 e. The van der Waals surface area contributed by atoms with Gasteiger partial charge in [-0.25, -0.2) is 0 Å². The van der Waals surface area contributed by atoms with Crippen LogP contribution in [0.25, 0.3) is 0 Å². The Morgan fingerprint density at radius 1 is 1.39 bits per heavy atom. The molecule has 0 aromatic carbocycles. The molecule has 3 aliphatic heterocycles. The highest BCUT2D eigenvalue weighted by Gasteiger charge is 2.44. The molecule has 3 rings (SSSR count). The highest BCUT2D eigenvalue weighted by Crippen LogP contribution is 2.38. The van der Waals surface area contributed by atoms with Crippen molar-refractivity contribution in [2.24, 2.45) is 11.1 Å². The number of carbonyl (C=O) groups excluding carboxylic acids is 1. The lowest BCUT2D eigenvalue weighted by molar-refractivity contribution is -0.142. The number of amides is 1. The van der Waals surface area contributed by atoms with Crippen molar-refractivity contribution in [2.75, 3.05) is 32.8 Å². The maximum absolute atomic E-state index is 12.4. The van der Waals surface area contributed by atoms with E-state index in [9.17, 15) is 4.79 Å². The van der Waals surface area contributed by atoms with Crippen molar-refractivity contribution in [1.82, 2.24) is 4.90 Å². The normalized spacial score (nSPS) is 39.9. The number of hydrogen-bond acceptors (Lipinski definition) is 4. The van der Waals surface area contributed by atoms with Crippen molar-refractivity contribution in [3.8, 4) is 0 Å². The lowest BCUT2D eigenvalue weighted by Gasteiger charge is -2.24. The Bertz CT molecular complexity index is 328. The molecule has 3 aliphatic rings. The molecule has 0 bridgehead atoms. The quantitative estimate of drug-likeness (QED) is 0.761. The van der Waals surface area contributed by atoms with E-state index < -0.39 is 0 Å². The van der Waals surface area contributed by atoms with E-state index in [4.69, 9.17) is 15.2 Å². The minimum absolute atomic E-state index is 0.0744. The topological polar surface area (TPSA) is 64.8 Å². The van der Waals surface area contributed by atoms with Crippen LogP contribution in [0, 0.1) is 5.41 Å². The Morgan fingerprint density at radius 2 is 2.28 bits per heavy atom. The third kappa shape index (κ3) is 2.15. The molecule has 0 aromatic rings. The largest absolute Gasteiger partial charge is 0.381 e. The van der Waals surface area contributed by atoms with Gasteiger partial charge in [0.2, 0.25) is 0 Å². The molecule has 1 unspecified atom stereocenters. The minimum Gasteiger partial charge on any atom is -0.381 e. The van der Waals surface area contributed by atoms with Gasteiger partial charge in [0.15, 0.2) is 0 Å². The zero-order valence-corrected chi connectivity index (χ0v) is 10.8. The van der Waals surface area contributed by atoms with Crippen molar-refractivity contribution in [3.63, 3.8) is 0 Å². The lowest BCUT2D eigenvalue weighted by atomic mass is 9.87. The predicted octanol–water partition coefficient (Wildman–Crippen LogP) is 0.132. The highest BCUT2D eigenvalue weighted by molar-refractivity contribution is 5.81. The fourth-order valence-electron chi connectivity index (χ4n) is 3.36. The fourth-order valence-corrected chi connectivity index (χ4v) is 3.36. The van der Waals surface area contributed by atoms with Crippen LogP contribution in [0.3, 0.4) is 0 Å². The Kier molecular flexibility index (Phi) is 3.30. The molecule has 0 radical (unpaired) electrons. The number of likely N-dealkylation sites (tertiary alicyclic amines) is 1. The van der Waals surface area contributed by atoms with E-state index in [0.29, 0.717) is 6.54 Å². The summed E-state index contributed by atoms with van der Waals surface area (Å²) in [4.78, 5) is 14.3. The first kappa shape index (κ1) is 12.4. The van der Waals surface area contributed by atoms with Gasteiger partial charge in [-0.05, 0) is 25.7 Å². The second kappa shape index (κ2) is 4.79. The first-order valence-corrected chi connectivity index (χ1v) is 6.94. The Morgan fingerprint density at radius 3 is 2.94 bits per heavy atom. The molecule has 2 N–H and O–H groups in total. The third-order valence-electron chi connectivity index (χ3n) is 4.58. The minimum atomic E-state index is -0.254. The summed E-state index contributed by atoms with van der Waals surface area (Å²) in [6.45, 7) is 3.88. The van der Waals surface area contributed by atoms with Gasteiger partial charge in [0.25, 0.3) is 5.91 Å². The van der Waals surface area contributed by atoms with Gasteiger partial charge in [-0.15, -0.1) is 0 Å². The van der Waals surface area contributed by atoms with Gasteiger partial charge in [0, 0.05) is 31.7 Å². The van der Waals surface area contributed by atoms with Gasteiger partial charge < -0.3 is 20.1 Å². The van der Waals surface area contributed by atoms with E-state index in [1.165, 1.54) is 0 Å². The monoisotopic (exact) mass is 254 g/mol. The lowest BCUT2D eigenvalue weighted by Crippen LogP contribution is -2.39. The average Bonchev–Trinajstić information content (AvgIpc) is 3.11. The summed E-state index contributed by atoms with van der Waals surface area (Å²) in [6.07, 6.45) is 3.72. The zero-order chi connectivity index (χ0) is 12.6. The molecule has 3 heterocycles. The van der Waals surface area contributed by atoms with E-state index in [1.54, 1.807) is 0 Å². The van der Waals surface area contributed by atoms with Crippen LogP contribution in [0.5, 0.6) is 0 Å². The summed E-state index contributed by atoms with van der Waals surface area (Å²) in [5, 5.41) is 0. The van der Waals surface area contributed by atoms with Crippen molar-refractivity contribution < 1.29 is 14.3 Å². The first-order chi connectivity index (χ1) is 8.72. The summed E-state index contributed by atoms with van der Waals surface area (Å²) in [7, 11) is 0. The molecule has 1 amide bonds. The van der Waals surface area contributed by atoms with Gasteiger partial charge >= 0.3 is 0 Å². The summed E-state index contributed by atoms with van der Waals surface area (Å²) < 4.78 is 11.2. The van der Waals surface area contributed by atoms with Gasteiger partial charge in [-0.3, -0.25) is 4.79 Å². The van der Waals surface area contributed by atoms with Crippen LogP contribution in [0.1, 0.15) is 25.7 Å². The number of ether oxygens (including phenoxy) is 2. The molecule has 0 saturated carbocycles. The van der Waals surface area contributed by atoms with Gasteiger partial charge in [0.05, 0.1) is 12.7 Å². The summed E-state index contributed by atoms with van der Waals surface area (Å²) in [5.74, 6) is 0.162. The van der Waals surface area contributed by atoms with Crippen LogP contribution in [0.2, 0.25) is 0 Å². The zero-order valence-electron chi connectivity index (χ0n) is 10.8. The molecule has 5 nitrogen and oxygen atoms in total. The van der Waals surface area contributed by atoms with Gasteiger partial charge in [-0.2, -0.15) is 0 Å². The first-order valence-electron chi connectivity index (χ1n) is 6.94. The van der Waals surface area contributed by atoms with E-state index in [-0.39, 0.29) is 23.5 Å². The molecular weight excluding hydrogens is 232 g/mol. The number of nitrogens with two attached hydrogens (primary N) is 1. The van der Waals surface area contributed by atoms with Crippen LogP contribution >= 0.6 is 0 Å². The molecule has 3 saturated heterocycles. The number of nitrogens with zero attached hydrogens (tertiary/aromatic N) is 1. The third-order valence-corrected chi connectivity index (χ3v) is 4.58. The standard InChI is InChI=1S/C13H22N2O3/c14-7-10-1-2-11(18-10)12(16)15-5-3-13(8-15)4-6-17-9-13/h10-11H,1-9,14H2/t10-,11+,13?/m1/s1. The van der Waals surface area contributed by atoms with E-state index in [1.807, 2.05) is 4.90 Å². The van der Waals surface area contributed by atoms with Crippen LogP contribution < -0.4 is 5.73 Å². The molecule has 18 heavy (non-hydrogen) atoms. The predicted molar refractivity (Wildman–Crippen MR) is 66.0 cm³/mol. The van der Waals surface area contributed by atoms with Crippen LogP contribution in [0.4, 0.5) is 0 Å². The molecule has 0 aromatic heterocycles. The van der Waals surface area contributed by atoms with Crippen LogP contribution in [-0.4, -0.2) is 55.9 Å². The Balaban J connectivity index is 1.58. The van der Waals surface area contributed by atoms with E-state index in [2.05, 4.69) is 0 Å². The highest BCUT2D eigenvalue weighted by atomic mass is 16.5. The van der Waals surface area contributed by atoms with Crippen LogP contribution in [0.15, 0.2) is 0 Å². The molecule has 102 valence electrons. The fraction of sp³-hybridized carbons (Fsp3) is 0.923. The second-order valence-corrected chi connectivity index (χ2v) is 5.87. The summed E-state index contributed by atoms with van der Waals surface area (Å²) >= 11 is 0. The average molecular weight is 254 g/mol. The maximum atomic E-state index is 12.4. The Labute approximate surface area is 108 Å². The Hall–Kier alpha value is -0.650. The van der Waals surface area contributed by atoms with Crippen molar-refractivity contribution in [2.45, 2.75) is 37.9 Å². The van der Waals surface area contributed by atoms with Gasteiger partial charge in [0.1, 0.15) is 6.10 Å². The molecule has 1 spiro atoms. The number of rotatable bonds is 2. The van der Waals surface area contributed by atoms with Crippen molar-refractivity contribution in [3.05, 3.63) is 0 Å². The van der Waals surface area contributed by atoms with E-state index in [0.717, 1.165) is 52.0 Å². The van der Waals surface area contributed by atoms with E-state index >= 15 is 0 Å². The van der Waals surface area contributed by atoms with Crippen LogP contribution in [-0.2, 0) is 14.3 Å². The van der Waals surface area contributed by atoms with Crippen molar-refractivity contribution >= 4 is 5.91 Å². The summed E-state index contributed by atoms with van der Waals surface area (Å²) in [5.41, 5.74) is 5.82. The molecule has 3 fully saturated rings. The molecule has 0 aliphatic carbocycles.